The van der Waals surface area contributed by atoms with Crippen LogP contribution in [-0.2, 0) is 21.4 Å². The highest BCUT2D eigenvalue weighted by atomic mass is 16.2. The third-order valence-electron chi connectivity index (χ3n) is 3.58. The molecule has 122 valence electrons. The fraction of sp³-hybridized carbons (Fsp3) is 0.556. The molecule has 22 heavy (non-hydrogen) atoms. The van der Waals surface area contributed by atoms with Crippen LogP contribution in [0.5, 0.6) is 0 Å². The SMILES string of the molecule is CCNC(=O)C(C)NC(=O)CCc1ccc(C(C)(C)C)cc1. The molecule has 0 aliphatic rings. The van der Waals surface area contributed by atoms with Crippen LogP contribution in [-0.4, -0.2) is 24.4 Å². The first-order valence-corrected chi connectivity index (χ1v) is 7.90. The standard InChI is InChI=1S/C18H28N2O2/c1-6-19-17(22)13(2)20-16(21)12-9-14-7-10-15(11-8-14)18(3,4)5/h7-8,10-11,13H,6,9,12H2,1-5H3,(H,19,22)(H,20,21). The molecule has 1 aromatic carbocycles. The van der Waals surface area contributed by atoms with Crippen molar-refractivity contribution in [2.24, 2.45) is 0 Å². The van der Waals surface area contributed by atoms with Gasteiger partial charge in [0.05, 0.1) is 0 Å². The average molecular weight is 304 g/mol. The highest BCUT2D eigenvalue weighted by Crippen LogP contribution is 2.22. The van der Waals surface area contributed by atoms with E-state index >= 15 is 0 Å². The molecule has 0 fully saturated rings. The van der Waals surface area contributed by atoms with Gasteiger partial charge in [-0.2, -0.15) is 0 Å². The van der Waals surface area contributed by atoms with Crippen molar-refractivity contribution in [2.45, 2.75) is 58.9 Å². The molecular formula is C18H28N2O2. The van der Waals surface area contributed by atoms with Gasteiger partial charge in [0.2, 0.25) is 11.8 Å². The zero-order chi connectivity index (χ0) is 16.8. The van der Waals surface area contributed by atoms with Crippen molar-refractivity contribution in [1.82, 2.24) is 10.6 Å². The fourth-order valence-electron chi connectivity index (χ4n) is 2.14. The van der Waals surface area contributed by atoms with E-state index in [4.69, 9.17) is 0 Å². The summed E-state index contributed by atoms with van der Waals surface area (Å²) in [5.41, 5.74) is 2.55. The second-order valence-corrected chi connectivity index (χ2v) is 6.63. The first-order valence-electron chi connectivity index (χ1n) is 7.90. The second-order valence-electron chi connectivity index (χ2n) is 6.63. The van der Waals surface area contributed by atoms with Crippen molar-refractivity contribution in [3.8, 4) is 0 Å². The number of likely N-dealkylation sites (N-methyl/N-ethyl adjacent to an activating group) is 1. The Morgan fingerprint density at radius 2 is 1.73 bits per heavy atom. The third-order valence-corrected chi connectivity index (χ3v) is 3.58. The number of hydrogen-bond donors (Lipinski definition) is 2. The van der Waals surface area contributed by atoms with Crippen LogP contribution in [0.4, 0.5) is 0 Å². The fourth-order valence-corrected chi connectivity index (χ4v) is 2.14. The summed E-state index contributed by atoms with van der Waals surface area (Å²) in [6.07, 6.45) is 1.07. The molecule has 1 unspecified atom stereocenters. The maximum atomic E-state index is 11.9. The first-order chi connectivity index (χ1) is 10.2. The number of hydrogen-bond acceptors (Lipinski definition) is 2. The van der Waals surface area contributed by atoms with Gasteiger partial charge in [0.15, 0.2) is 0 Å². The van der Waals surface area contributed by atoms with Crippen LogP contribution in [0.3, 0.4) is 0 Å². The Hall–Kier alpha value is -1.84. The van der Waals surface area contributed by atoms with Crippen LogP contribution in [0.15, 0.2) is 24.3 Å². The van der Waals surface area contributed by atoms with Crippen molar-refractivity contribution in [3.05, 3.63) is 35.4 Å². The van der Waals surface area contributed by atoms with Gasteiger partial charge in [0.25, 0.3) is 0 Å². The lowest BCUT2D eigenvalue weighted by molar-refractivity contribution is -0.128. The molecule has 0 saturated heterocycles. The van der Waals surface area contributed by atoms with E-state index in [1.165, 1.54) is 5.56 Å². The molecule has 4 heteroatoms. The zero-order valence-electron chi connectivity index (χ0n) is 14.3. The highest BCUT2D eigenvalue weighted by Gasteiger charge is 2.15. The van der Waals surface area contributed by atoms with Crippen molar-refractivity contribution in [3.63, 3.8) is 0 Å². The number of benzene rings is 1. The Bertz CT molecular complexity index is 501. The number of amides is 2. The van der Waals surface area contributed by atoms with Crippen LogP contribution in [0.1, 0.15) is 52.2 Å². The van der Waals surface area contributed by atoms with Gasteiger partial charge in [-0.25, -0.2) is 0 Å². The van der Waals surface area contributed by atoms with Crippen LogP contribution < -0.4 is 10.6 Å². The Kier molecular flexibility index (Phi) is 6.60. The lowest BCUT2D eigenvalue weighted by Gasteiger charge is -2.19. The maximum Gasteiger partial charge on any atom is 0.242 e. The van der Waals surface area contributed by atoms with E-state index in [0.717, 1.165) is 5.56 Å². The smallest absolute Gasteiger partial charge is 0.242 e. The first kappa shape index (κ1) is 18.2. The van der Waals surface area contributed by atoms with Crippen LogP contribution in [0.25, 0.3) is 0 Å². The molecule has 0 bridgehead atoms. The number of carbonyl (C=O) groups is 2. The Morgan fingerprint density at radius 3 is 2.23 bits per heavy atom. The predicted octanol–water partition coefficient (Wildman–Crippen LogP) is 2.56. The Labute approximate surface area is 133 Å². The van der Waals surface area contributed by atoms with Crippen LogP contribution in [0.2, 0.25) is 0 Å². The topological polar surface area (TPSA) is 58.2 Å². The molecule has 0 radical (unpaired) electrons. The van der Waals surface area contributed by atoms with Gasteiger partial charge in [-0.1, -0.05) is 45.0 Å². The lowest BCUT2D eigenvalue weighted by Crippen LogP contribution is -2.44. The largest absolute Gasteiger partial charge is 0.355 e. The van der Waals surface area contributed by atoms with Crippen molar-refractivity contribution in [2.75, 3.05) is 6.54 Å². The minimum atomic E-state index is -0.490. The maximum absolute atomic E-state index is 11.9. The number of carbonyl (C=O) groups excluding carboxylic acids is 2. The van der Waals surface area contributed by atoms with E-state index in [9.17, 15) is 9.59 Å². The minimum absolute atomic E-state index is 0.0985. The predicted molar refractivity (Wildman–Crippen MR) is 89.8 cm³/mol. The number of nitrogens with one attached hydrogen (secondary N) is 2. The normalized spacial score (nSPS) is 12.6. The summed E-state index contributed by atoms with van der Waals surface area (Å²) in [6.45, 7) is 10.7. The Balaban J connectivity index is 2.46. The quantitative estimate of drug-likeness (QED) is 0.848. The molecule has 0 aliphatic carbocycles. The third kappa shape index (κ3) is 5.88. The van der Waals surface area contributed by atoms with E-state index in [-0.39, 0.29) is 17.2 Å². The van der Waals surface area contributed by atoms with E-state index < -0.39 is 6.04 Å². The molecular weight excluding hydrogens is 276 g/mol. The van der Waals surface area contributed by atoms with Crippen LogP contribution >= 0.6 is 0 Å². The van der Waals surface area contributed by atoms with E-state index in [1.54, 1.807) is 6.92 Å². The average Bonchev–Trinajstić information content (AvgIpc) is 2.45. The number of rotatable bonds is 6. The van der Waals surface area contributed by atoms with Crippen LogP contribution in [0, 0.1) is 0 Å². The summed E-state index contributed by atoms with van der Waals surface area (Å²) >= 11 is 0. The molecule has 0 aromatic heterocycles. The monoisotopic (exact) mass is 304 g/mol. The molecule has 2 amide bonds. The molecule has 0 spiro atoms. The van der Waals surface area contributed by atoms with Gasteiger partial charge in [-0.15, -0.1) is 0 Å². The minimum Gasteiger partial charge on any atom is -0.355 e. The van der Waals surface area contributed by atoms with Gasteiger partial charge >= 0.3 is 0 Å². The molecule has 0 heterocycles. The van der Waals surface area contributed by atoms with Gasteiger partial charge in [-0.3, -0.25) is 9.59 Å². The molecule has 2 N–H and O–H groups in total. The highest BCUT2D eigenvalue weighted by molar-refractivity contribution is 5.87. The molecule has 1 atom stereocenters. The van der Waals surface area contributed by atoms with Crippen molar-refractivity contribution >= 4 is 11.8 Å². The zero-order valence-corrected chi connectivity index (χ0v) is 14.3. The second kappa shape index (κ2) is 7.97. The molecule has 0 saturated carbocycles. The van der Waals surface area contributed by atoms with Gasteiger partial charge in [0, 0.05) is 13.0 Å². The summed E-state index contributed by atoms with van der Waals surface area (Å²) in [4.78, 5) is 23.4. The van der Waals surface area contributed by atoms with Crippen molar-refractivity contribution in [1.29, 1.82) is 0 Å². The number of aryl methyl sites for hydroxylation is 1. The molecule has 1 aromatic rings. The Morgan fingerprint density at radius 1 is 1.14 bits per heavy atom. The molecule has 4 nitrogen and oxygen atoms in total. The summed E-state index contributed by atoms with van der Waals surface area (Å²) in [5, 5.41) is 5.41. The van der Waals surface area contributed by atoms with E-state index in [0.29, 0.717) is 19.4 Å². The summed E-state index contributed by atoms with van der Waals surface area (Å²) in [6, 6.07) is 7.88. The summed E-state index contributed by atoms with van der Waals surface area (Å²) in [5.74, 6) is -0.246. The van der Waals surface area contributed by atoms with E-state index in [1.807, 2.05) is 6.92 Å². The molecule has 0 aliphatic heterocycles. The molecule has 1 rings (SSSR count). The lowest BCUT2D eigenvalue weighted by atomic mass is 9.86. The van der Waals surface area contributed by atoms with E-state index in [2.05, 4.69) is 55.7 Å². The van der Waals surface area contributed by atoms with Gasteiger partial charge in [-0.05, 0) is 36.8 Å². The summed E-state index contributed by atoms with van der Waals surface area (Å²) in [7, 11) is 0. The summed E-state index contributed by atoms with van der Waals surface area (Å²) < 4.78 is 0. The van der Waals surface area contributed by atoms with Crippen molar-refractivity contribution < 1.29 is 9.59 Å². The van der Waals surface area contributed by atoms with Gasteiger partial charge in [0.1, 0.15) is 6.04 Å². The van der Waals surface area contributed by atoms with Gasteiger partial charge < -0.3 is 10.6 Å².